The van der Waals surface area contributed by atoms with E-state index in [0.717, 1.165) is 12.0 Å². The molecule has 0 spiro atoms. The minimum atomic E-state index is -0.897. The van der Waals surface area contributed by atoms with Gasteiger partial charge < -0.3 is 10.8 Å². The maximum absolute atomic E-state index is 10.8. The number of carbonyl (C=O) groups is 1. The van der Waals surface area contributed by atoms with Gasteiger partial charge >= 0.3 is 5.97 Å². The number of hydrogen-bond donors (Lipinski definition) is 2. The predicted octanol–water partition coefficient (Wildman–Crippen LogP) is 2.98. The van der Waals surface area contributed by atoms with Crippen molar-refractivity contribution in [3.05, 3.63) is 70.8 Å². The Hall–Kier alpha value is -2.13. The van der Waals surface area contributed by atoms with Crippen LogP contribution in [0.3, 0.4) is 0 Å². The van der Waals surface area contributed by atoms with Gasteiger partial charge in [-0.3, -0.25) is 0 Å². The van der Waals surface area contributed by atoms with Crippen molar-refractivity contribution >= 4 is 5.97 Å². The Labute approximate surface area is 119 Å². The lowest BCUT2D eigenvalue weighted by atomic mass is 9.89. The number of rotatable bonds is 5. The van der Waals surface area contributed by atoms with Crippen LogP contribution in [0.1, 0.15) is 33.0 Å². The zero-order valence-electron chi connectivity index (χ0n) is 11.5. The summed E-state index contributed by atoms with van der Waals surface area (Å²) in [5, 5.41) is 8.90. The second kappa shape index (κ2) is 6.35. The van der Waals surface area contributed by atoms with Gasteiger partial charge in [0.05, 0.1) is 5.56 Å². The fourth-order valence-corrected chi connectivity index (χ4v) is 2.43. The average Bonchev–Trinajstić information content (AvgIpc) is 2.46. The summed E-state index contributed by atoms with van der Waals surface area (Å²) in [4.78, 5) is 10.8. The Bertz CT molecular complexity index is 590. The van der Waals surface area contributed by atoms with Gasteiger partial charge in [0.2, 0.25) is 0 Å². The second-order valence-electron chi connectivity index (χ2n) is 5.00. The molecule has 20 heavy (non-hydrogen) atoms. The molecule has 1 unspecified atom stereocenters. The van der Waals surface area contributed by atoms with Gasteiger partial charge in [-0.05, 0) is 48.7 Å². The SMILES string of the molecule is Cc1ccccc1C(CN)Cc1ccc(C(=O)O)cc1. The molecule has 0 aromatic heterocycles. The summed E-state index contributed by atoms with van der Waals surface area (Å²) in [6, 6.07) is 15.3. The van der Waals surface area contributed by atoms with E-state index < -0.39 is 5.97 Å². The standard InChI is InChI=1S/C17H19NO2/c1-12-4-2-3-5-16(12)15(11-18)10-13-6-8-14(9-7-13)17(19)20/h2-9,15H,10-11,18H2,1H3,(H,19,20). The first kappa shape index (κ1) is 14.3. The third kappa shape index (κ3) is 3.25. The molecule has 2 aromatic carbocycles. The van der Waals surface area contributed by atoms with E-state index in [1.807, 2.05) is 24.3 Å². The molecule has 2 rings (SSSR count). The molecule has 3 heteroatoms. The largest absolute Gasteiger partial charge is 0.478 e. The number of carboxylic acids is 1. The molecule has 0 aliphatic rings. The van der Waals surface area contributed by atoms with E-state index >= 15 is 0 Å². The molecule has 0 fully saturated rings. The topological polar surface area (TPSA) is 63.3 Å². The van der Waals surface area contributed by atoms with Crippen molar-refractivity contribution in [3.8, 4) is 0 Å². The van der Waals surface area contributed by atoms with Crippen LogP contribution in [-0.2, 0) is 6.42 Å². The monoisotopic (exact) mass is 269 g/mol. The molecule has 0 aliphatic heterocycles. The van der Waals surface area contributed by atoms with Crippen molar-refractivity contribution in [2.45, 2.75) is 19.3 Å². The molecule has 104 valence electrons. The highest BCUT2D eigenvalue weighted by Crippen LogP contribution is 2.23. The summed E-state index contributed by atoms with van der Waals surface area (Å²) < 4.78 is 0. The van der Waals surface area contributed by atoms with Gasteiger partial charge in [-0.25, -0.2) is 4.79 Å². The molecule has 0 bridgehead atoms. The summed E-state index contributed by atoms with van der Waals surface area (Å²) in [5.74, 6) is -0.641. The van der Waals surface area contributed by atoms with Gasteiger partial charge in [-0.1, -0.05) is 36.4 Å². The maximum atomic E-state index is 10.8. The Morgan fingerprint density at radius 2 is 1.80 bits per heavy atom. The smallest absolute Gasteiger partial charge is 0.335 e. The van der Waals surface area contributed by atoms with Gasteiger partial charge in [0.25, 0.3) is 0 Å². The van der Waals surface area contributed by atoms with Crippen molar-refractivity contribution in [1.82, 2.24) is 0 Å². The van der Waals surface area contributed by atoms with E-state index in [0.29, 0.717) is 12.1 Å². The summed E-state index contributed by atoms with van der Waals surface area (Å²) >= 11 is 0. The van der Waals surface area contributed by atoms with Crippen LogP contribution in [0.5, 0.6) is 0 Å². The Morgan fingerprint density at radius 1 is 1.15 bits per heavy atom. The molecular weight excluding hydrogens is 250 g/mol. The van der Waals surface area contributed by atoms with Crippen LogP contribution in [-0.4, -0.2) is 17.6 Å². The zero-order valence-corrected chi connectivity index (χ0v) is 11.5. The van der Waals surface area contributed by atoms with Crippen molar-refractivity contribution in [1.29, 1.82) is 0 Å². The zero-order chi connectivity index (χ0) is 14.5. The van der Waals surface area contributed by atoms with E-state index in [9.17, 15) is 4.79 Å². The quantitative estimate of drug-likeness (QED) is 0.877. The Balaban J connectivity index is 2.18. The highest BCUT2D eigenvalue weighted by molar-refractivity contribution is 5.87. The van der Waals surface area contributed by atoms with Crippen LogP contribution in [0.15, 0.2) is 48.5 Å². The maximum Gasteiger partial charge on any atom is 0.335 e. The number of aryl methyl sites for hydroxylation is 1. The van der Waals surface area contributed by atoms with Gasteiger partial charge in [0.1, 0.15) is 0 Å². The Kier molecular flexibility index (Phi) is 4.53. The third-order valence-electron chi connectivity index (χ3n) is 3.60. The lowest BCUT2D eigenvalue weighted by Crippen LogP contribution is -2.16. The fourth-order valence-electron chi connectivity index (χ4n) is 2.43. The molecule has 0 aliphatic carbocycles. The first-order valence-electron chi connectivity index (χ1n) is 6.69. The van der Waals surface area contributed by atoms with Gasteiger partial charge in [0.15, 0.2) is 0 Å². The van der Waals surface area contributed by atoms with Crippen molar-refractivity contribution < 1.29 is 9.90 Å². The van der Waals surface area contributed by atoms with E-state index in [4.69, 9.17) is 10.8 Å². The van der Waals surface area contributed by atoms with Crippen LogP contribution in [0.4, 0.5) is 0 Å². The number of benzene rings is 2. The molecule has 3 nitrogen and oxygen atoms in total. The van der Waals surface area contributed by atoms with Crippen LogP contribution in [0.2, 0.25) is 0 Å². The molecule has 0 saturated heterocycles. The van der Waals surface area contributed by atoms with Crippen LogP contribution >= 0.6 is 0 Å². The molecule has 0 radical (unpaired) electrons. The summed E-state index contributed by atoms with van der Waals surface area (Å²) in [6.45, 7) is 2.66. The highest BCUT2D eigenvalue weighted by Gasteiger charge is 2.13. The minimum Gasteiger partial charge on any atom is -0.478 e. The molecule has 0 heterocycles. The predicted molar refractivity (Wildman–Crippen MR) is 80.1 cm³/mol. The van der Waals surface area contributed by atoms with Gasteiger partial charge in [-0.15, -0.1) is 0 Å². The molecule has 2 aromatic rings. The van der Waals surface area contributed by atoms with Gasteiger partial charge in [-0.2, -0.15) is 0 Å². The van der Waals surface area contributed by atoms with Crippen LogP contribution < -0.4 is 5.73 Å². The van der Waals surface area contributed by atoms with E-state index in [1.54, 1.807) is 12.1 Å². The Morgan fingerprint density at radius 3 is 2.35 bits per heavy atom. The molecule has 1 atom stereocenters. The van der Waals surface area contributed by atoms with E-state index in [1.165, 1.54) is 11.1 Å². The van der Waals surface area contributed by atoms with Crippen molar-refractivity contribution in [3.63, 3.8) is 0 Å². The van der Waals surface area contributed by atoms with E-state index in [-0.39, 0.29) is 5.92 Å². The highest BCUT2D eigenvalue weighted by atomic mass is 16.4. The first-order chi connectivity index (χ1) is 9.61. The number of carboxylic acid groups (broad SMARTS) is 1. The summed E-state index contributed by atoms with van der Waals surface area (Å²) in [7, 11) is 0. The average molecular weight is 269 g/mol. The molecular formula is C17H19NO2. The summed E-state index contributed by atoms with van der Waals surface area (Å²) in [5.41, 5.74) is 9.83. The minimum absolute atomic E-state index is 0.256. The normalized spacial score (nSPS) is 12.1. The lowest BCUT2D eigenvalue weighted by Gasteiger charge is -2.17. The van der Waals surface area contributed by atoms with Gasteiger partial charge in [0, 0.05) is 5.92 Å². The van der Waals surface area contributed by atoms with Crippen molar-refractivity contribution in [2.75, 3.05) is 6.54 Å². The van der Waals surface area contributed by atoms with Crippen molar-refractivity contribution in [2.24, 2.45) is 5.73 Å². The van der Waals surface area contributed by atoms with Crippen LogP contribution in [0.25, 0.3) is 0 Å². The fraction of sp³-hybridized carbons (Fsp3) is 0.235. The third-order valence-corrected chi connectivity index (χ3v) is 3.60. The summed E-state index contributed by atoms with van der Waals surface area (Å²) in [6.07, 6.45) is 0.821. The number of nitrogens with two attached hydrogens (primary N) is 1. The second-order valence-corrected chi connectivity index (χ2v) is 5.00. The molecule has 0 saturated carbocycles. The lowest BCUT2D eigenvalue weighted by molar-refractivity contribution is 0.0697. The molecule has 0 amide bonds. The number of aromatic carboxylic acids is 1. The van der Waals surface area contributed by atoms with Crippen LogP contribution in [0, 0.1) is 6.92 Å². The number of hydrogen-bond acceptors (Lipinski definition) is 2. The molecule has 3 N–H and O–H groups in total. The van der Waals surface area contributed by atoms with E-state index in [2.05, 4.69) is 19.1 Å². The first-order valence-corrected chi connectivity index (χ1v) is 6.69.